The molecule has 0 radical (unpaired) electrons. The molecule has 0 aliphatic heterocycles. The molecule has 1 aromatic heterocycles. The lowest BCUT2D eigenvalue weighted by molar-refractivity contribution is 0.0977. The van der Waals surface area contributed by atoms with Crippen molar-refractivity contribution < 1.29 is 4.79 Å². The molecule has 6 heteroatoms. The van der Waals surface area contributed by atoms with Crippen molar-refractivity contribution in [3.8, 4) is 0 Å². The molecule has 0 atom stereocenters. The lowest BCUT2D eigenvalue weighted by Gasteiger charge is -2.19. The normalized spacial score (nSPS) is 11.0. The van der Waals surface area contributed by atoms with Crippen LogP contribution in [-0.2, 0) is 5.41 Å². The lowest BCUT2D eigenvalue weighted by Crippen LogP contribution is -2.34. The van der Waals surface area contributed by atoms with Crippen molar-refractivity contribution in [3.63, 3.8) is 0 Å². The molecule has 0 saturated carbocycles. The van der Waals surface area contributed by atoms with Crippen molar-refractivity contribution in [3.05, 3.63) is 57.7 Å². The van der Waals surface area contributed by atoms with Crippen LogP contribution >= 0.6 is 28.1 Å². The van der Waals surface area contributed by atoms with Crippen LogP contribution in [0, 0.1) is 6.92 Å². The minimum absolute atomic E-state index is 0.0526. The number of rotatable bonds is 2. The first-order chi connectivity index (χ1) is 11.2. The van der Waals surface area contributed by atoms with E-state index in [0.29, 0.717) is 11.4 Å². The highest BCUT2D eigenvalue weighted by Gasteiger charge is 2.15. The van der Waals surface area contributed by atoms with E-state index in [-0.39, 0.29) is 16.4 Å². The molecular weight excluding hydrogens is 386 g/mol. The van der Waals surface area contributed by atoms with E-state index in [1.54, 1.807) is 18.2 Å². The molecule has 2 rings (SSSR count). The summed E-state index contributed by atoms with van der Waals surface area (Å²) >= 11 is 8.57. The van der Waals surface area contributed by atoms with E-state index >= 15 is 0 Å². The van der Waals surface area contributed by atoms with Gasteiger partial charge >= 0.3 is 0 Å². The third-order valence-electron chi connectivity index (χ3n) is 3.50. The van der Waals surface area contributed by atoms with Crippen LogP contribution in [0.25, 0.3) is 0 Å². The number of anilines is 1. The number of hydrogen-bond donors (Lipinski definition) is 2. The third kappa shape index (κ3) is 4.85. The molecule has 2 N–H and O–H groups in total. The van der Waals surface area contributed by atoms with Gasteiger partial charge in [0.05, 0.1) is 5.69 Å². The number of nitrogens with one attached hydrogen (secondary N) is 2. The Morgan fingerprint density at radius 1 is 1.12 bits per heavy atom. The number of halogens is 1. The molecule has 1 heterocycles. The van der Waals surface area contributed by atoms with E-state index in [1.807, 2.05) is 25.1 Å². The summed E-state index contributed by atoms with van der Waals surface area (Å²) in [5.41, 5.74) is 2.63. The highest BCUT2D eigenvalue weighted by atomic mass is 79.9. The van der Waals surface area contributed by atoms with Gasteiger partial charge in [0.15, 0.2) is 5.11 Å². The number of aromatic nitrogens is 1. The average molecular weight is 406 g/mol. The first kappa shape index (κ1) is 18.5. The van der Waals surface area contributed by atoms with E-state index in [0.717, 1.165) is 10.2 Å². The molecule has 4 nitrogen and oxygen atoms in total. The fourth-order valence-electron chi connectivity index (χ4n) is 2.06. The number of carbonyl (C=O) groups excluding carboxylic acids is 1. The van der Waals surface area contributed by atoms with Gasteiger partial charge < -0.3 is 5.32 Å². The Morgan fingerprint density at radius 3 is 2.29 bits per heavy atom. The lowest BCUT2D eigenvalue weighted by atomic mass is 9.87. The smallest absolute Gasteiger partial charge is 0.257 e. The molecule has 1 amide bonds. The number of benzene rings is 1. The molecule has 0 fully saturated rings. The summed E-state index contributed by atoms with van der Waals surface area (Å²) in [6.07, 6.45) is 0. The van der Waals surface area contributed by atoms with Gasteiger partial charge in [0.25, 0.3) is 5.91 Å². The number of nitrogens with zero attached hydrogens (tertiary/aromatic N) is 1. The van der Waals surface area contributed by atoms with Crippen LogP contribution < -0.4 is 10.6 Å². The van der Waals surface area contributed by atoms with Gasteiger partial charge in [-0.05, 0) is 70.3 Å². The van der Waals surface area contributed by atoms with Gasteiger partial charge in [-0.1, -0.05) is 32.9 Å². The summed E-state index contributed by atoms with van der Waals surface area (Å²) in [5.74, 6) is 0.339. The number of thiocarbonyl (C=S) groups is 1. The van der Waals surface area contributed by atoms with Gasteiger partial charge in [0.2, 0.25) is 0 Å². The second-order valence-corrected chi connectivity index (χ2v) is 7.76. The van der Waals surface area contributed by atoms with Gasteiger partial charge in [-0.25, -0.2) is 4.98 Å². The van der Waals surface area contributed by atoms with Crippen LogP contribution in [0.3, 0.4) is 0 Å². The maximum absolute atomic E-state index is 12.3. The Bertz CT molecular complexity index is 767. The molecule has 0 bridgehead atoms. The van der Waals surface area contributed by atoms with E-state index in [1.165, 1.54) is 5.56 Å². The minimum Gasteiger partial charge on any atom is -0.317 e. The molecule has 0 aliphatic carbocycles. The predicted octanol–water partition coefficient (Wildman–Crippen LogP) is 4.58. The van der Waals surface area contributed by atoms with Crippen molar-refractivity contribution in [2.24, 2.45) is 0 Å². The molecule has 2 aromatic rings. The number of carbonyl (C=O) groups is 1. The Hall–Kier alpha value is -1.79. The highest BCUT2D eigenvalue weighted by molar-refractivity contribution is 9.10. The van der Waals surface area contributed by atoms with Crippen LogP contribution in [0.15, 0.2) is 40.9 Å². The first-order valence-electron chi connectivity index (χ1n) is 7.53. The fourth-order valence-corrected chi connectivity index (χ4v) is 2.48. The summed E-state index contributed by atoms with van der Waals surface area (Å²) in [5, 5.41) is 5.80. The highest BCUT2D eigenvalue weighted by Crippen LogP contribution is 2.22. The first-order valence-corrected chi connectivity index (χ1v) is 8.73. The van der Waals surface area contributed by atoms with Crippen LogP contribution in [0.2, 0.25) is 0 Å². The fraction of sp³-hybridized carbons (Fsp3) is 0.278. The molecule has 0 spiro atoms. The van der Waals surface area contributed by atoms with Crippen molar-refractivity contribution in [1.29, 1.82) is 0 Å². The van der Waals surface area contributed by atoms with Gasteiger partial charge in [-0.3, -0.25) is 10.1 Å². The van der Waals surface area contributed by atoms with E-state index in [9.17, 15) is 4.79 Å². The predicted molar refractivity (Wildman–Crippen MR) is 106 cm³/mol. The van der Waals surface area contributed by atoms with Crippen molar-refractivity contribution in [2.75, 3.05) is 5.32 Å². The van der Waals surface area contributed by atoms with Gasteiger partial charge in [-0.15, -0.1) is 0 Å². The number of amides is 1. The van der Waals surface area contributed by atoms with Crippen LogP contribution in [0.5, 0.6) is 0 Å². The summed E-state index contributed by atoms with van der Waals surface area (Å²) in [4.78, 5) is 16.6. The van der Waals surface area contributed by atoms with Crippen molar-refractivity contribution >= 4 is 45.0 Å². The Labute approximate surface area is 156 Å². The summed E-state index contributed by atoms with van der Waals surface area (Å²) in [6.45, 7) is 8.28. The molecule has 126 valence electrons. The van der Waals surface area contributed by atoms with Gasteiger partial charge in [0, 0.05) is 10.0 Å². The SMILES string of the molecule is Cc1nc(NC(=S)NC(=O)c2ccc(C(C)(C)C)cc2)ccc1Br. The number of hydrogen-bond acceptors (Lipinski definition) is 3. The molecule has 0 unspecified atom stereocenters. The van der Waals surface area contributed by atoms with Crippen molar-refractivity contribution in [2.45, 2.75) is 33.1 Å². The molecule has 1 aromatic carbocycles. The standard InChI is InChI=1S/C18H20BrN3OS/c1-11-14(19)9-10-15(20-11)21-17(24)22-16(23)12-5-7-13(8-6-12)18(2,3)4/h5-10H,1-4H3,(H2,20,21,22,23,24). The number of aryl methyl sites for hydroxylation is 1. The quantitative estimate of drug-likeness (QED) is 0.717. The van der Waals surface area contributed by atoms with Crippen LogP contribution in [0.1, 0.15) is 42.4 Å². The van der Waals surface area contributed by atoms with Crippen LogP contribution in [0.4, 0.5) is 5.82 Å². The van der Waals surface area contributed by atoms with E-state index < -0.39 is 0 Å². The number of pyridine rings is 1. The monoisotopic (exact) mass is 405 g/mol. The van der Waals surface area contributed by atoms with Crippen LogP contribution in [-0.4, -0.2) is 16.0 Å². The maximum atomic E-state index is 12.3. The second-order valence-electron chi connectivity index (χ2n) is 6.50. The molecule has 0 aliphatic rings. The van der Waals surface area contributed by atoms with E-state index in [4.69, 9.17) is 12.2 Å². The summed E-state index contributed by atoms with van der Waals surface area (Å²) < 4.78 is 0.918. The maximum Gasteiger partial charge on any atom is 0.257 e. The summed E-state index contributed by atoms with van der Waals surface area (Å²) in [7, 11) is 0. The molecular formula is C18H20BrN3OS. The van der Waals surface area contributed by atoms with E-state index in [2.05, 4.69) is 52.3 Å². The topological polar surface area (TPSA) is 54.0 Å². The third-order valence-corrected chi connectivity index (χ3v) is 4.55. The van der Waals surface area contributed by atoms with Gasteiger partial charge in [0.1, 0.15) is 5.82 Å². The second kappa shape index (κ2) is 7.40. The zero-order chi connectivity index (χ0) is 17.9. The average Bonchev–Trinajstić information content (AvgIpc) is 2.50. The largest absolute Gasteiger partial charge is 0.317 e. The molecule has 24 heavy (non-hydrogen) atoms. The minimum atomic E-state index is -0.248. The Balaban J connectivity index is 2.00. The zero-order valence-electron chi connectivity index (χ0n) is 14.1. The Morgan fingerprint density at radius 2 is 1.75 bits per heavy atom. The van der Waals surface area contributed by atoms with Gasteiger partial charge in [-0.2, -0.15) is 0 Å². The zero-order valence-corrected chi connectivity index (χ0v) is 16.5. The van der Waals surface area contributed by atoms with Crippen molar-refractivity contribution in [1.82, 2.24) is 10.3 Å². The Kier molecular flexibility index (Phi) is 5.72. The summed E-state index contributed by atoms with van der Waals surface area (Å²) in [6, 6.07) is 11.2. The molecule has 0 saturated heterocycles.